The molecule has 0 atom stereocenters. The summed E-state index contributed by atoms with van der Waals surface area (Å²) in [5.74, 6) is -0.546. The van der Waals surface area contributed by atoms with Gasteiger partial charge >= 0.3 is 5.97 Å². The van der Waals surface area contributed by atoms with Crippen LogP contribution in [0.2, 0.25) is 0 Å². The highest BCUT2D eigenvalue weighted by molar-refractivity contribution is 7.93. The number of ether oxygens (including phenoxy) is 1. The summed E-state index contributed by atoms with van der Waals surface area (Å²) in [4.78, 5) is 13.1. The number of hydrogen-bond donors (Lipinski definition) is 1. The molecule has 132 valence electrons. The number of rotatable bonds is 5. The van der Waals surface area contributed by atoms with Crippen LogP contribution in [0.15, 0.2) is 23.1 Å². The fraction of sp³-hybridized carbons (Fsp3) is 0.267. The van der Waals surface area contributed by atoms with Crippen molar-refractivity contribution in [1.82, 2.24) is 8.75 Å². The van der Waals surface area contributed by atoms with Gasteiger partial charge < -0.3 is 4.74 Å². The van der Waals surface area contributed by atoms with E-state index >= 15 is 0 Å². The number of hydrogen-bond acceptors (Lipinski definition) is 8. The molecule has 3 aromatic rings. The molecule has 0 aliphatic rings. The Hall–Kier alpha value is -2.04. The van der Waals surface area contributed by atoms with E-state index in [0.717, 1.165) is 16.6 Å². The molecule has 0 aliphatic carbocycles. The lowest BCUT2D eigenvalue weighted by Gasteiger charge is -2.09. The second kappa shape index (κ2) is 6.70. The van der Waals surface area contributed by atoms with Crippen LogP contribution in [0.25, 0.3) is 11.0 Å². The third-order valence-corrected chi connectivity index (χ3v) is 6.81. The first-order valence-corrected chi connectivity index (χ1v) is 10.4. The van der Waals surface area contributed by atoms with Crippen LogP contribution in [-0.4, -0.2) is 29.7 Å². The van der Waals surface area contributed by atoms with Crippen LogP contribution in [0.3, 0.4) is 0 Å². The van der Waals surface area contributed by atoms with Gasteiger partial charge in [0.15, 0.2) is 0 Å². The largest absolute Gasteiger partial charge is 0.462 e. The van der Waals surface area contributed by atoms with Crippen LogP contribution in [0.1, 0.15) is 27.7 Å². The van der Waals surface area contributed by atoms with Gasteiger partial charge in [0.2, 0.25) is 0 Å². The Morgan fingerprint density at radius 2 is 2.04 bits per heavy atom. The molecule has 1 aromatic carbocycles. The van der Waals surface area contributed by atoms with Gasteiger partial charge in [0.05, 0.1) is 23.9 Å². The fourth-order valence-corrected chi connectivity index (χ4v) is 5.44. The molecular weight excluding hydrogens is 382 g/mol. The van der Waals surface area contributed by atoms with Gasteiger partial charge in [-0.05, 0) is 38.5 Å². The highest BCUT2D eigenvalue weighted by atomic mass is 32.2. The minimum absolute atomic E-state index is 0.0252. The number of fused-ring (bicyclic) bond motifs is 1. The molecular formula is C15H15N3O4S3. The van der Waals surface area contributed by atoms with Crippen molar-refractivity contribution >= 4 is 55.1 Å². The molecule has 25 heavy (non-hydrogen) atoms. The van der Waals surface area contributed by atoms with E-state index in [1.807, 2.05) is 6.92 Å². The third kappa shape index (κ3) is 3.24. The zero-order valence-electron chi connectivity index (χ0n) is 13.7. The van der Waals surface area contributed by atoms with Crippen molar-refractivity contribution in [2.75, 3.05) is 11.3 Å². The quantitative estimate of drug-likeness (QED) is 0.663. The van der Waals surface area contributed by atoms with Crippen LogP contribution >= 0.6 is 23.1 Å². The van der Waals surface area contributed by atoms with Gasteiger partial charge in [-0.1, -0.05) is 6.07 Å². The van der Waals surface area contributed by atoms with Crippen LogP contribution in [0, 0.1) is 13.8 Å². The minimum atomic E-state index is -3.93. The maximum atomic E-state index is 12.8. The average molecular weight is 398 g/mol. The van der Waals surface area contributed by atoms with E-state index in [4.69, 9.17) is 4.74 Å². The van der Waals surface area contributed by atoms with E-state index < -0.39 is 16.0 Å². The normalized spacial score (nSPS) is 11.6. The average Bonchev–Trinajstić information content (AvgIpc) is 3.12. The summed E-state index contributed by atoms with van der Waals surface area (Å²) in [7, 11) is -3.93. The predicted molar refractivity (Wildman–Crippen MR) is 98.0 cm³/mol. The van der Waals surface area contributed by atoms with Gasteiger partial charge in [-0.15, -0.1) is 11.3 Å². The van der Waals surface area contributed by atoms with E-state index in [2.05, 4.69) is 13.5 Å². The van der Waals surface area contributed by atoms with Gasteiger partial charge in [-0.25, -0.2) is 13.2 Å². The summed E-state index contributed by atoms with van der Waals surface area (Å²) in [5, 5.41) is 0.244. The summed E-state index contributed by atoms with van der Waals surface area (Å²) >= 11 is 2.15. The summed E-state index contributed by atoms with van der Waals surface area (Å²) in [6, 6.07) is 4.76. The van der Waals surface area contributed by atoms with Crippen LogP contribution in [0.4, 0.5) is 5.00 Å². The number of aromatic nitrogens is 2. The number of carbonyl (C=O) groups is 1. The van der Waals surface area contributed by atoms with Crippen molar-refractivity contribution in [3.63, 3.8) is 0 Å². The van der Waals surface area contributed by atoms with E-state index in [0.29, 0.717) is 16.6 Å². The molecule has 0 bridgehead atoms. The van der Waals surface area contributed by atoms with Gasteiger partial charge in [0.1, 0.15) is 20.9 Å². The number of nitrogens with zero attached hydrogens (tertiary/aromatic N) is 2. The molecule has 0 fully saturated rings. The predicted octanol–water partition coefficient (Wildman–Crippen LogP) is 3.35. The molecule has 0 unspecified atom stereocenters. The minimum Gasteiger partial charge on any atom is -0.462 e. The number of esters is 1. The van der Waals surface area contributed by atoms with Crippen molar-refractivity contribution in [2.45, 2.75) is 25.7 Å². The third-order valence-electron chi connectivity index (χ3n) is 3.63. The Morgan fingerprint density at radius 3 is 2.76 bits per heavy atom. The summed E-state index contributed by atoms with van der Waals surface area (Å²) in [5.41, 5.74) is 1.77. The van der Waals surface area contributed by atoms with Crippen LogP contribution in [-0.2, 0) is 14.8 Å². The Kier molecular flexibility index (Phi) is 4.76. The highest BCUT2D eigenvalue weighted by Gasteiger charge is 2.26. The van der Waals surface area contributed by atoms with Crippen molar-refractivity contribution in [1.29, 1.82) is 0 Å². The summed E-state index contributed by atoms with van der Waals surface area (Å²) < 4.78 is 41.4. The number of sulfonamides is 1. The zero-order valence-corrected chi connectivity index (χ0v) is 16.1. The number of thiophene rings is 1. The molecule has 0 saturated carbocycles. The maximum Gasteiger partial charge on any atom is 0.341 e. The highest BCUT2D eigenvalue weighted by Crippen LogP contribution is 2.35. The first-order chi connectivity index (χ1) is 11.8. The Morgan fingerprint density at radius 1 is 1.28 bits per heavy atom. The van der Waals surface area contributed by atoms with Gasteiger partial charge in [0.25, 0.3) is 10.0 Å². The van der Waals surface area contributed by atoms with E-state index in [9.17, 15) is 13.2 Å². The molecule has 0 radical (unpaired) electrons. The maximum absolute atomic E-state index is 12.8. The van der Waals surface area contributed by atoms with Crippen molar-refractivity contribution < 1.29 is 17.9 Å². The van der Waals surface area contributed by atoms with E-state index in [1.165, 1.54) is 17.4 Å². The molecule has 0 spiro atoms. The molecule has 3 rings (SSSR count). The lowest BCUT2D eigenvalue weighted by atomic mass is 10.2. The Bertz CT molecular complexity index is 1050. The van der Waals surface area contributed by atoms with Gasteiger partial charge in [0, 0.05) is 4.88 Å². The molecule has 1 N–H and O–H groups in total. The Labute approximate surface area is 153 Å². The first-order valence-electron chi connectivity index (χ1n) is 7.36. The lowest BCUT2D eigenvalue weighted by molar-refractivity contribution is 0.0527. The Balaban J connectivity index is 2.06. The molecule has 2 heterocycles. The molecule has 0 amide bonds. The lowest BCUT2D eigenvalue weighted by Crippen LogP contribution is -2.16. The monoisotopic (exact) mass is 397 g/mol. The number of benzene rings is 1. The number of aryl methyl sites for hydroxylation is 1. The first kappa shape index (κ1) is 17.8. The standard InChI is InChI=1S/C15H15N3O4S3/c1-4-22-15(19)12-8(2)9(3)23-14(12)18-25(20,21)11-7-5-6-10-13(11)17-24-16-10/h5-7,18H,4H2,1-3H3. The van der Waals surface area contributed by atoms with Gasteiger partial charge in [-0.3, -0.25) is 4.72 Å². The zero-order chi connectivity index (χ0) is 18.2. The molecule has 0 aliphatic heterocycles. The molecule has 0 saturated heterocycles. The van der Waals surface area contributed by atoms with Gasteiger partial charge in [-0.2, -0.15) is 8.75 Å². The molecule has 7 nitrogen and oxygen atoms in total. The van der Waals surface area contributed by atoms with Crippen LogP contribution in [0.5, 0.6) is 0 Å². The fourth-order valence-electron chi connectivity index (χ4n) is 2.32. The topological polar surface area (TPSA) is 98.2 Å². The second-order valence-corrected chi connectivity index (χ2v) is 8.61. The molecule has 2 aromatic heterocycles. The van der Waals surface area contributed by atoms with Crippen molar-refractivity contribution in [3.8, 4) is 0 Å². The SMILES string of the molecule is CCOC(=O)c1c(NS(=O)(=O)c2cccc3nsnc23)sc(C)c1C. The second-order valence-electron chi connectivity index (χ2n) is 5.20. The number of anilines is 1. The van der Waals surface area contributed by atoms with E-state index in [1.54, 1.807) is 26.0 Å². The van der Waals surface area contributed by atoms with Crippen molar-refractivity contribution in [2.24, 2.45) is 0 Å². The van der Waals surface area contributed by atoms with Crippen LogP contribution < -0.4 is 4.72 Å². The summed E-state index contributed by atoms with van der Waals surface area (Å²) in [6.07, 6.45) is 0. The molecule has 10 heteroatoms. The van der Waals surface area contributed by atoms with Crippen molar-refractivity contribution in [3.05, 3.63) is 34.2 Å². The number of carbonyl (C=O) groups excluding carboxylic acids is 1. The van der Waals surface area contributed by atoms with E-state index in [-0.39, 0.29) is 22.1 Å². The smallest absolute Gasteiger partial charge is 0.341 e. The number of nitrogens with one attached hydrogen (secondary N) is 1. The summed E-state index contributed by atoms with van der Waals surface area (Å²) in [6.45, 7) is 5.50.